The van der Waals surface area contributed by atoms with E-state index < -0.39 is 6.04 Å². The van der Waals surface area contributed by atoms with Crippen LogP contribution in [0.4, 0.5) is 5.69 Å². The second-order valence-corrected chi connectivity index (χ2v) is 6.07. The lowest BCUT2D eigenvalue weighted by atomic mass is 9.92. The van der Waals surface area contributed by atoms with Gasteiger partial charge in [-0.15, -0.1) is 0 Å². The van der Waals surface area contributed by atoms with Gasteiger partial charge in [-0.25, -0.2) is 0 Å². The number of hydrogen-bond acceptors (Lipinski definition) is 5. The first-order chi connectivity index (χ1) is 11.5. The van der Waals surface area contributed by atoms with Gasteiger partial charge in [-0.05, 0) is 30.9 Å². The second-order valence-electron chi connectivity index (χ2n) is 6.07. The number of carbonyl (C=O) groups is 2. The Hall–Kier alpha value is -2.12. The molecule has 1 atom stereocenters. The Bertz CT molecular complexity index is 571. The van der Waals surface area contributed by atoms with Crippen molar-refractivity contribution in [3.63, 3.8) is 0 Å². The number of nitrogens with zero attached hydrogens (tertiary/aromatic N) is 1. The fourth-order valence-electron chi connectivity index (χ4n) is 2.45. The van der Waals surface area contributed by atoms with Crippen LogP contribution in [0.15, 0.2) is 24.3 Å². The molecule has 7 nitrogen and oxygen atoms in total. The minimum atomic E-state index is -0.561. The molecule has 3 N–H and O–H groups in total. The van der Waals surface area contributed by atoms with Gasteiger partial charge in [-0.3, -0.25) is 9.59 Å². The number of ether oxygens (including phenoxy) is 2. The summed E-state index contributed by atoms with van der Waals surface area (Å²) in [5.74, 6) is 0.299. The lowest BCUT2D eigenvalue weighted by Gasteiger charge is -2.26. The summed E-state index contributed by atoms with van der Waals surface area (Å²) >= 11 is 0. The molecule has 0 aromatic heterocycles. The van der Waals surface area contributed by atoms with Gasteiger partial charge in [-0.1, -0.05) is 6.07 Å². The van der Waals surface area contributed by atoms with E-state index in [9.17, 15) is 9.59 Å². The van der Waals surface area contributed by atoms with Crippen LogP contribution in [-0.2, 0) is 14.3 Å². The number of benzene rings is 1. The molecule has 0 spiro atoms. The number of carbonyl (C=O) groups excluding carboxylic acids is 2. The molecule has 2 rings (SSSR count). The number of rotatable bonds is 6. The number of nitrogens with one attached hydrogen (secondary N) is 1. The molecule has 0 saturated carbocycles. The number of hydrogen-bond donors (Lipinski definition) is 2. The van der Waals surface area contributed by atoms with Crippen molar-refractivity contribution >= 4 is 17.5 Å². The van der Waals surface area contributed by atoms with E-state index in [4.69, 9.17) is 15.2 Å². The Balaban J connectivity index is 1.90. The quantitative estimate of drug-likeness (QED) is 0.804. The van der Waals surface area contributed by atoms with Crippen molar-refractivity contribution in [1.82, 2.24) is 4.90 Å². The molecule has 24 heavy (non-hydrogen) atoms. The maximum absolute atomic E-state index is 12.3. The minimum Gasteiger partial charge on any atom is -0.484 e. The maximum Gasteiger partial charge on any atom is 0.259 e. The summed E-state index contributed by atoms with van der Waals surface area (Å²) in [6.45, 7) is 1.25. The number of anilines is 1. The molecule has 0 bridgehead atoms. The summed E-state index contributed by atoms with van der Waals surface area (Å²) in [5.41, 5.74) is 6.66. The van der Waals surface area contributed by atoms with Crippen LogP contribution >= 0.6 is 0 Å². The first-order valence-corrected chi connectivity index (χ1v) is 8.04. The molecule has 0 radical (unpaired) electrons. The van der Waals surface area contributed by atoms with Gasteiger partial charge in [0.2, 0.25) is 5.91 Å². The van der Waals surface area contributed by atoms with E-state index in [2.05, 4.69) is 5.32 Å². The van der Waals surface area contributed by atoms with Crippen molar-refractivity contribution in [2.24, 2.45) is 11.7 Å². The van der Waals surface area contributed by atoms with Gasteiger partial charge >= 0.3 is 0 Å². The van der Waals surface area contributed by atoms with Gasteiger partial charge in [0, 0.05) is 39.1 Å². The van der Waals surface area contributed by atoms with Crippen LogP contribution in [-0.4, -0.2) is 56.7 Å². The van der Waals surface area contributed by atoms with E-state index in [-0.39, 0.29) is 24.3 Å². The summed E-state index contributed by atoms with van der Waals surface area (Å²) < 4.78 is 10.7. The van der Waals surface area contributed by atoms with Gasteiger partial charge in [0.1, 0.15) is 5.75 Å². The average molecular weight is 335 g/mol. The fraction of sp³-hybridized carbons (Fsp3) is 0.529. The first-order valence-electron chi connectivity index (χ1n) is 8.04. The van der Waals surface area contributed by atoms with Gasteiger partial charge < -0.3 is 25.4 Å². The van der Waals surface area contributed by atoms with Crippen LogP contribution < -0.4 is 15.8 Å². The maximum atomic E-state index is 12.3. The molecule has 1 aromatic carbocycles. The summed E-state index contributed by atoms with van der Waals surface area (Å²) in [4.78, 5) is 25.3. The lowest BCUT2D eigenvalue weighted by molar-refractivity contribution is -0.130. The Labute approximate surface area is 142 Å². The van der Waals surface area contributed by atoms with Crippen molar-refractivity contribution in [2.75, 3.05) is 39.2 Å². The SMILES string of the molecule is CN(C)C(=O)COc1cccc(NC(=O)C(N)C2CCOCC2)c1. The fourth-order valence-corrected chi connectivity index (χ4v) is 2.45. The number of nitrogens with two attached hydrogens (primary N) is 1. The van der Waals surface area contributed by atoms with Crippen LogP contribution in [0.1, 0.15) is 12.8 Å². The zero-order valence-corrected chi connectivity index (χ0v) is 14.2. The summed E-state index contributed by atoms with van der Waals surface area (Å²) in [6.07, 6.45) is 1.59. The van der Waals surface area contributed by atoms with Crippen molar-refractivity contribution in [3.05, 3.63) is 24.3 Å². The molecule has 7 heteroatoms. The molecular weight excluding hydrogens is 310 g/mol. The van der Waals surface area contributed by atoms with Crippen molar-refractivity contribution in [3.8, 4) is 5.75 Å². The van der Waals surface area contributed by atoms with E-state index in [0.717, 1.165) is 12.8 Å². The van der Waals surface area contributed by atoms with Crippen LogP contribution in [0.2, 0.25) is 0 Å². The molecule has 1 fully saturated rings. The lowest BCUT2D eigenvalue weighted by Crippen LogP contribution is -2.44. The van der Waals surface area contributed by atoms with Gasteiger partial charge in [0.05, 0.1) is 6.04 Å². The third kappa shape index (κ3) is 5.21. The number of amides is 2. The summed E-state index contributed by atoms with van der Waals surface area (Å²) in [5, 5.41) is 2.81. The van der Waals surface area contributed by atoms with Crippen LogP contribution in [0.25, 0.3) is 0 Å². The smallest absolute Gasteiger partial charge is 0.259 e. The highest BCUT2D eigenvalue weighted by molar-refractivity contribution is 5.95. The van der Waals surface area contributed by atoms with Gasteiger partial charge in [-0.2, -0.15) is 0 Å². The van der Waals surface area contributed by atoms with Crippen LogP contribution in [0.5, 0.6) is 5.75 Å². The Morgan fingerprint density at radius 2 is 2.08 bits per heavy atom. The minimum absolute atomic E-state index is 0.0496. The largest absolute Gasteiger partial charge is 0.484 e. The predicted molar refractivity (Wildman–Crippen MR) is 90.8 cm³/mol. The van der Waals surface area contributed by atoms with E-state index in [0.29, 0.717) is 24.7 Å². The van der Waals surface area contributed by atoms with E-state index >= 15 is 0 Å². The highest BCUT2D eigenvalue weighted by Crippen LogP contribution is 2.21. The van der Waals surface area contributed by atoms with Crippen molar-refractivity contribution in [2.45, 2.75) is 18.9 Å². The van der Waals surface area contributed by atoms with Crippen molar-refractivity contribution < 1.29 is 19.1 Å². The molecule has 132 valence electrons. The summed E-state index contributed by atoms with van der Waals surface area (Å²) in [7, 11) is 3.33. The normalized spacial score (nSPS) is 16.3. The molecule has 2 amide bonds. The Morgan fingerprint density at radius 3 is 2.75 bits per heavy atom. The van der Waals surface area contributed by atoms with E-state index in [1.165, 1.54) is 4.90 Å². The van der Waals surface area contributed by atoms with Gasteiger partial charge in [0.15, 0.2) is 6.61 Å². The molecular formula is C17H25N3O4. The standard InChI is InChI=1S/C17H25N3O4/c1-20(2)15(21)11-24-14-5-3-4-13(10-14)19-17(22)16(18)12-6-8-23-9-7-12/h3-5,10,12,16H,6-9,11,18H2,1-2H3,(H,19,22). The van der Waals surface area contributed by atoms with Gasteiger partial charge in [0.25, 0.3) is 5.91 Å². The van der Waals surface area contributed by atoms with Crippen LogP contribution in [0.3, 0.4) is 0 Å². The second kappa shape index (κ2) is 8.65. The first kappa shape index (κ1) is 18.2. The van der Waals surface area contributed by atoms with Crippen LogP contribution in [0, 0.1) is 5.92 Å². The average Bonchev–Trinajstić information content (AvgIpc) is 2.60. The monoisotopic (exact) mass is 335 g/mol. The van der Waals surface area contributed by atoms with E-state index in [1.54, 1.807) is 38.4 Å². The highest BCUT2D eigenvalue weighted by atomic mass is 16.5. The molecule has 1 aromatic rings. The molecule has 1 aliphatic rings. The Morgan fingerprint density at radius 1 is 1.38 bits per heavy atom. The topological polar surface area (TPSA) is 93.9 Å². The molecule has 1 aliphatic heterocycles. The molecule has 1 heterocycles. The highest BCUT2D eigenvalue weighted by Gasteiger charge is 2.26. The molecule has 1 saturated heterocycles. The Kier molecular flexibility index (Phi) is 6.57. The third-order valence-corrected chi connectivity index (χ3v) is 4.04. The third-order valence-electron chi connectivity index (χ3n) is 4.04. The van der Waals surface area contributed by atoms with E-state index in [1.807, 2.05) is 0 Å². The number of likely N-dealkylation sites (N-methyl/N-ethyl adjacent to an activating group) is 1. The van der Waals surface area contributed by atoms with Crippen molar-refractivity contribution in [1.29, 1.82) is 0 Å². The summed E-state index contributed by atoms with van der Waals surface area (Å²) in [6, 6.07) is 6.36. The zero-order valence-electron chi connectivity index (χ0n) is 14.2. The predicted octanol–water partition coefficient (Wildman–Crippen LogP) is 0.846. The molecule has 0 aliphatic carbocycles. The molecule has 1 unspecified atom stereocenters. The zero-order chi connectivity index (χ0) is 17.5.